The van der Waals surface area contributed by atoms with E-state index in [2.05, 4.69) is 12.5 Å². The van der Waals surface area contributed by atoms with Crippen molar-refractivity contribution in [2.75, 3.05) is 7.11 Å². The van der Waals surface area contributed by atoms with E-state index in [-0.39, 0.29) is 12.2 Å². The molecule has 1 nitrogen and oxygen atoms in total. The Morgan fingerprint density at radius 3 is 2.53 bits per heavy atom. The van der Waals surface area contributed by atoms with Crippen molar-refractivity contribution >= 4 is 0 Å². The minimum atomic E-state index is -1.04. The van der Waals surface area contributed by atoms with Crippen molar-refractivity contribution in [3.05, 3.63) is 59.9 Å². The van der Waals surface area contributed by atoms with Gasteiger partial charge in [-0.15, -0.1) is 6.42 Å². The fourth-order valence-corrected chi connectivity index (χ4v) is 1.22. The third-order valence-electron chi connectivity index (χ3n) is 2.23. The van der Waals surface area contributed by atoms with Crippen LogP contribution in [-0.4, -0.2) is 7.11 Å². The first-order valence-electron chi connectivity index (χ1n) is 5.78. The Hall–Kier alpha value is -2.08. The van der Waals surface area contributed by atoms with Crippen LogP contribution in [-0.2, 0) is 4.74 Å². The number of hydrogen-bond donors (Lipinski definition) is 0. The molecule has 0 bridgehead atoms. The molecule has 0 spiro atoms. The quantitative estimate of drug-likeness (QED) is 0.278. The highest BCUT2D eigenvalue weighted by atomic mass is 19.2. The standard InChI is InChI=1S/C16H18F2O/c1-5-8-10-13(7-3)11-12-14(17)16(18)15(19-4)9-6-2/h3,5-6,8-9,11H,2,10,12H2,1,4H3/b8-5-,13-11-,15-9+,16-14-. The lowest BCUT2D eigenvalue weighted by Gasteiger charge is -2.03. The minimum absolute atomic E-state index is 0.198. The van der Waals surface area contributed by atoms with Crippen LogP contribution in [0.25, 0.3) is 0 Å². The molecule has 0 aromatic heterocycles. The maximum atomic E-state index is 13.6. The maximum absolute atomic E-state index is 13.6. The Bertz CT molecular complexity index is 460. The lowest BCUT2D eigenvalue weighted by atomic mass is 10.1. The number of methoxy groups -OCH3 is 1. The van der Waals surface area contributed by atoms with E-state index in [4.69, 9.17) is 11.2 Å². The van der Waals surface area contributed by atoms with E-state index in [9.17, 15) is 8.78 Å². The van der Waals surface area contributed by atoms with Crippen LogP contribution >= 0.6 is 0 Å². The monoisotopic (exact) mass is 264 g/mol. The second-order valence-corrected chi connectivity index (χ2v) is 3.54. The molecule has 0 aromatic rings. The first-order valence-corrected chi connectivity index (χ1v) is 5.78. The summed E-state index contributed by atoms with van der Waals surface area (Å²) < 4.78 is 31.9. The van der Waals surface area contributed by atoms with Gasteiger partial charge in [0.1, 0.15) is 5.83 Å². The van der Waals surface area contributed by atoms with Crippen molar-refractivity contribution in [2.24, 2.45) is 0 Å². The molecule has 102 valence electrons. The summed E-state index contributed by atoms with van der Waals surface area (Å²) in [5.41, 5.74) is 0.604. The van der Waals surface area contributed by atoms with E-state index in [1.54, 1.807) is 0 Å². The van der Waals surface area contributed by atoms with Crippen LogP contribution in [0.2, 0.25) is 0 Å². The van der Waals surface area contributed by atoms with E-state index < -0.39 is 11.7 Å². The molecule has 3 heteroatoms. The van der Waals surface area contributed by atoms with Gasteiger partial charge in [0, 0.05) is 12.0 Å². The third kappa shape index (κ3) is 6.42. The highest BCUT2D eigenvalue weighted by molar-refractivity contribution is 5.31. The normalized spacial score (nSPS) is 14.1. The van der Waals surface area contributed by atoms with Crippen LogP contribution in [0.1, 0.15) is 19.8 Å². The van der Waals surface area contributed by atoms with Gasteiger partial charge in [0.2, 0.25) is 0 Å². The molecule has 0 atom stereocenters. The number of rotatable bonds is 7. The van der Waals surface area contributed by atoms with Crippen molar-refractivity contribution in [1.29, 1.82) is 0 Å². The second kappa shape index (κ2) is 9.90. The predicted octanol–water partition coefficient (Wildman–Crippen LogP) is 4.77. The van der Waals surface area contributed by atoms with Gasteiger partial charge in [-0.05, 0) is 19.4 Å². The fourth-order valence-electron chi connectivity index (χ4n) is 1.22. The van der Waals surface area contributed by atoms with Crippen LogP contribution in [0.4, 0.5) is 8.78 Å². The van der Waals surface area contributed by atoms with E-state index in [1.807, 2.05) is 19.1 Å². The summed E-state index contributed by atoms with van der Waals surface area (Å²) in [5, 5.41) is 0. The molecule has 0 rings (SSSR count). The Kier molecular flexibility index (Phi) is 8.82. The van der Waals surface area contributed by atoms with E-state index >= 15 is 0 Å². The summed E-state index contributed by atoms with van der Waals surface area (Å²) in [7, 11) is 1.26. The molecule has 0 radical (unpaired) electrons. The summed E-state index contributed by atoms with van der Waals surface area (Å²) in [6.07, 6.45) is 13.3. The largest absolute Gasteiger partial charge is 0.494 e. The molecule has 0 aliphatic rings. The minimum Gasteiger partial charge on any atom is -0.494 e. The number of terminal acetylenes is 1. The molecule has 0 N–H and O–H groups in total. The summed E-state index contributed by atoms with van der Waals surface area (Å²) in [6, 6.07) is 0. The smallest absolute Gasteiger partial charge is 0.196 e. The number of halogens is 2. The number of hydrogen-bond acceptors (Lipinski definition) is 1. The van der Waals surface area contributed by atoms with Crippen molar-refractivity contribution < 1.29 is 13.5 Å². The second-order valence-electron chi connectivity index (χ2n) is 3.54. The summed E-state index contributed by atoms with van der Waals surface area (Å²) in [5.74, 6) is 0.270. The average Bonchev–Trinajstić information content (AvgIpc) is 2.43. The average molecular weight is 264 g/mol. The van der Waals surface area contributed by atoms with Crippen molar-refractivity contribution in [3.63, 3.8) is 0 Å². The zero-order valence-electron chi connectivity index (χ0n) is 11.2. The van der Waals surface area contributed by atoms with Gasteiger partial charge in [-0.1, -0.05) is 36.8 Å². The highest BCUT2D eigenvalue weighted by Gasteiger charge is 2.10. The van der Waals surface area contributed by atoms with E-state index in [0.717, 1.165) is 0 Å². The summed E-state index contributed by atoms with van der Waals surface area (Å²) in [6.45, 7) is 5.26. The Morgan fingerprint density at radius 1 is 1.37 bits per heavy atom. The van der Waals surface area contributed by atoms with Crippen molar-refractivity contribution in [1.82, 2.24) is 0 Å². The van der Waals surface area contributed by atoms with Gasteiger partial charge < -0.3 is 4.74 Å². The third-order valence-corrected chi connectivity index (χ3v) is 2.23. The molecule has 0 aliphatic heterocycles. The van der Waals surface area contributed by atoms with Crippen LogP contribution in [0.15, 0.2) is 59.9 Å². The maximum Gasteiger partial charge on any atom is 0.196 e. The Morgan fingerprint density at radius 2 is 2.05 bits per heavy atom. The lowest BCUT2D eigenvalue weighted by Crippen LogP contribution is -1.91. The Balaban J connectivity index is 4.97. The van der Waals surface area contributed by atoms with Crippen molar-refractivity contribution in [3.8, 4) is 12.3 Å². The van der Waals surface area contributed by atoms with Crippen LogP contribution < -0.4 is 0 Å². The van der Waals surface area contributed by atoms with Gasteiger partial charge in [0.05, 0.1) is 7.11 Å². The van der Waals surface area contributed by atoms with Gasteiger partial charge in [-0.3, -0.25) is 0 Å². The van der Waals surface area contributed by atoms with E-state index in [1.165, 1.54) is 25.3 Å². The summed E-state index contributed by atoms with van der Waals surface area (Å²) >= 11 is 0. The molecule has 0 saturated carbocycles. The van der Waals surface area contributed by atoms with E-state index in [0.29, 0.717) is 12.0 Å². The predicted molar refractivity (Wildman–Crippen MR) is 75.5 cm³/mol. The molecule has 0 amide bonds. The zero-order valence-corrected chi connectivity index (χ0v) is 11.2. The van der Waals surface area contributed by atoms with Gasteiger partial charge in [0.15, 0.2) is 11.6 Å². The van der Waals surface area contributed by atoms with Crippen LogP contribution in [0.5, 0.6) is 0 Å². The molecule has 0 fully saturated rings. The zero-order chi connectivity index (χ0) is 14.7. The molecule has 0 aromatic carbocycles. The van der Waals surface area contributed by atoms with Gasteiger partial charge in [0.25, 0.3) is 0 Å². The molecule has 0 heterocycles. The van der Waals surface area contributed by atoms with Gasteiger partial charge >= 0.3 is 0 Å². The fraction of sp³-hybridized carbons (Fsp3) is 0.250. The molecule has 0 unspecified atom stereocenters. The molecular formula is C16H18F2O. The Labute approximate surface area is 113 Å². The van der Waals surface area contributed by atoms with Crippen LogP contribution in [0.3, 0.4) is 0 Å². The molecular weight excluding hydrogens is 246 g/mol. The lowest BCUT2D eigenvalue weighted by molar-refractivity contribution is 0.278. The highest BCUT2D eigenvalue weighted by Crippen LogP contribution is 2.22. The first-order chi connectivity index (χ1) is 9.10. The molecule has 0 saturated heterocycles. The van der Waals surface area contributed by atoms with Crippen LogP contribution in [0, 0.1) is 12.3 Å². The number of ether oxygens (including phenoxy) is 1. The molecule has 19 heavy (non-hydrogen) atoms. The molecule has 0 aliphatic carbocycles. The van der Waals surface area contributed by atoms with Gasteiger partial charge in [-0.25, -0.2) is 4.39 Å². The SMILES string of the molecule is C#C/C(=C/C/C(F)=C(F)\C(=C/C=C)OC)C/C=C\C. The van der Waals surface area contributed by atoms with Crippen molar-refractivity contribution in [2.45, 2.75) is 19.8 Å². The topological polar surface area (TPSA) is 9.23 Å². The number of allylic oxidation sites excluding steroid dienone is 8. The first kappa shape index (κ1) is 16.9. The van der Waals surface area contributed by atoms with Gasteiger partial charge in [-0.2, -0.15) is 4.39 Å². The summed E-state index contributed by atoms with van der Waals surface area (Å²) in [4.78, 5) is 0.